The lowest BCUT2D eigenvalue weighted by Gasteiger charge is -2.41. The van der Waals surface area contributed by atoms with Gasteiger partial charge in [-0.3, -0.25) is 9.59 Å². The number of hydrogen-bond donors (Lipinski definition) is 12. The molecule has 0 spiro atoms. The van der Waals surface area contributed by atoms with Gasteiger partial charge in [-0.15, -0.1) is 0 Å². The fourth-order valence-electron chi connectivity index (χ4n) is 7.30. The highest BCUT2D eigenvalue weighted by molar-refractivity contribution is 5.71. The van der Waals surface area contributed by atoms with Crippen molar-refractivity contribution in [1.29, 1.82) is 0 Å². The Balaban J connectivity index is 1.82. The summed E-state index contributed by atoms with van der Waals surface area (Å²) in [5, 5.41) is 111. The maximum Gasteiger partial charge on any atom is 0.311 e. The third-order valence-corrected chi connectivity index (χ3v) is 11.4. The van der Waals surface area contributed by atoms with E-state index in [0.29, 0.717) is 0 Å². The third-order valence-electron chi connectivity index (χ3n) is 11.4. The average molecular weight is 926 g/mol. The molecule has 2 aliphatic heterocycles. The standard InChI is InChI=1S/C47H75NO17/c1-27(43(57)29(3)30(4)62-39(55)24-33(51)23-32(50)20-21-35(52)36(53)22-28(2)49)18-16-14-12-10-8-6-7-9-11-13-15-17-19-34(64-47-45(59)42(48)44(58)31(5)63-47)25-38-41(46(60)61)37(54)26-40(56)65-38/h6-19,27-38,40-45,47,49-54,56-59H,20-26,48H2,1-5H3,(H,60,61)/b7-6+,10-8+,11-9+,14-12+,15-13+,18-16+,19-17+/t27-,28-,29+,30+,31+,32-,33-,34-,35-,36-,37-,38-,40-,41+,42-,43-,44-,45-,47-/m0/s1. The van der Waals surface area contributed by atoms with Gasteiger partial charge in [0.05, 0.1) is 79.6 Å². The molecule has 0 amide bonds. The Labute approximate surface area is 382 Å². The number of aliphatic carboxylic acids is 1. The van der Waals surface area contributed by atoms with Gasteiger partial charge in [-0.2, -0.15) is 0 Å². The zero-order valence-corrected chi connectivity index (χ0v) is 37.9. The average Bonchev–Trinajstić information content (AvgIpc) is 3.22. The topological polar surface area (TPSA) is 320 Å². The predicted molar refractivity (Wildman–Crippen MR) is 239 cm³/mol. The van der Waals surface area contributed by atoms with Crippen molar-refractivity contribution in [3.8, 4) is 0 Å². The van der Waals surface area contributed by atoms with Crippen LogP contribution in [-0.4, -0.2) is 166 Å². The molecule has 13 N–H and O–H groups in total. The van der Waals surface area contributed by atoms with E-state index in [2.05, 4.69) is 0 Å². The molecule has 0 unspecified atom stereocenters. The Morgan fingerprint density at radius 3 is 1.83 bits per heavy atom. The number of nitrogens with two attached hydrogens (primary N) is 1. The first kappa shape index (κ1) is 57.7. The van der Waals surface area contributed by atoms with E-state index in [9.17, 15) is 65.8 Å². The Morgan fingerprint density at radius 1 is 0.723 bits per heavy atom. The lowest BCUT2D eigenvalue weighted by Crippen LogP contribution is -2.61. The molecule has 65 heavy (non-hydrogen) atoms. The number of carboxylic acids is 1. The second kappa shape index (κ2) is 30.0. The largest absolute Gasteiger partial charge is 0.481 e. The van der Waals surface area contributed by atoms with Crippen LogP contribution >= 0.6 is 0 Å². The van der Waals surface area contributed by atoms with E-state index < -0.39 is 122 Å². The van der Waals surface area contributed by atoms with E-state index in [1.165, 1.54) is 6.92 Å². The molecule has 0 aromatic carbocycles. The smallest absolute Gasteiger partial charge is 0.311 e. The first-order valence-electron chi connectivity index (χ1n) is 22.3. The zero-order chi connectivity index (χ0) is 48.8. The monoisotopic (exact) mass is 926 g/mol. The maximum atomic E-state index is 12.5. The highest BCUT2D eigenvalue weighted by Gasteiger charge is 2.45. The minimum atomic E-state index is -1.40. The van der Waals surface area contributed by atoms with Crippen molar-refractivity contribution in [3.63, 3.8) is 0 Å². The number of hydrogen-bond acceptors (Lipinski definition) is 17. The summed E-state index contributed by atoms with van der Waals surface area (Å²) in [4.78, 5) is 24.4. The quantitative estimate of drug-likeness (QED) is 0.0403. The summed E-state index contributed by atoms with van der Waals surface area (Å²) in [6.45, 7) is 8.29. The van der Waals surface area contributed by atoms with Gasteiger partial charge in [0.1, 0.15) is 18.1 Å². The van der Waals surface area contributed by atoms with Crippen LogP contribution in [0.2, 0.25) is 0 Å². The Hall–Kier alpha value is -3.44. The molecular formula is C47H75NO17. The van der Waals surface area contributed by atoms with Crippen LogP contribution in [0.15, 0.2) is 85.1 Å². The first-order valence-corrected chi connectivity index (χ1v) is 22.3. The predicted octanol–water partition coefficient (Wildman–Crippen LogP) is 0.958. The van der Waals surface area contributed by atoms with Crippen LogP contribution < -0.4 is 5.73 Å². The number of rotatable bonds is 27. The summed E-state index contributed by atoms with van der Waals surface area (Å²) in [6.07, 6.45) is 7.69. The molecule has 0 bridgehead atoms. The molecule has 0 aromatic rings. The van der Waals surface area contributed by atoms with Crippen LogP contribution in [-0.2, 0) is 28.5 Å². The number of carbonyl (C=O) groups is 2. The van der Waals surface area contributed by atoms with Gasteiger partial charge in [0.2, 0.25) is 0 Å². The van der Waals surface area contributed by atoms with Crippen molar-refractivity contribution < 1.29 is 84.7 Å². The molecule has 2 aliphatic rings. The summed E-state index contributed by atoms with van der Waals surface area (Å²) < 4.78 is 22.5. The molecule has 0 aliphatic carbocycles. The number of allylic oxidation sites excluding steroid dienone is 12. The van der Waals surface area contributed by atoms with Gasteiger partial charge in [-0.1, -0.05) is 98.9 Å². The van der Waals surface area contributed by atoms with E-state index in [1.807, 2.05) is 25.2 Å². The lowest BCUT2D eigenvalue weighted by atomic mass is 9.87. The van der Waals surface area contributed by atoms with Crippen LogP contribution in [0.1, 0.15) is 79.6 Å². The number of ether oxygens (including phenoxy) is 4. The molecule has 18 heteroatoms. The number of aliphatic hydroxyl groups is 10. The second-order valence-electron chi connectivity index (χ2n) is 17.1. The SMILES string of the molecule is C[C@@H]([C@@H](O)[C@@H](C)/C=C/C=C/C=C/C=C/C=C/C=C/C=C/[C@@H](C[C@@H]1O[C@H](O)C[C@H](O)[C@H]1C(=O)O)O[C@@H]1O[C@H](C)[C@H](O)[C@H](N)[C@@H]1O)[C@@H](C)OC(=O)C[C@@H](O)C[C@@H](O)CC[C@H](O)[C@@H](O)C[C@H](C)O. The molecule has 0 saturated carbocycles. The zero-order valence-electron chi connectivity index (χ0n) is 37.9. The van der Waals surface area contributed by atoms with Crippen LogP contribution in [0.5, 0.6) is 0 Å². The van der Waals surface area contributed by atoms with Gasteiger partial charge < -0.3 is 80.9 Å². The number of carbonyl (C=O) groups excluding carboxylic acids is 1. The Bertz CT molecular complexity index is 1600. The highest BCUT2D eigenvalue weighted by Crippen LogP contribution is 2.31. The minimum absolute atomic E-state index is 0.00748. The molecule has 0 radical (unpaired) electrons. The van der Waals surface area contributed by atoms with Gasteiger partial charge in [0, 0.05) is 31.1 Å². The highest BCUT2D eigenvalue weighted by atomic mass is 16.7. The molecule has 370 valence electrons. The fourth-order valence-corrected chi connectivity index (χ4v) is 7.30. The van der Waals surface area contributed by atoms with Gasteiger partial charge in [0.15, 0.2) is 12.6 Å². The van der Waals surface area contributed by atoms with Crippen molar-refractivity contribution in [2.45, 2.75) is 178 Å². The van der Waals surface area contributed by atoms with Crippen molar-refractivity contribution in [3.05, 3.63) is 85.1 Å². The van der Waals surface area contributed by atoms with E-state index in [4.69, 9.17) is 24.7 Å². The molecule has 2 fully saturated rings. The second-order valence-corrected chi connectivity index (χ2v) is 17.1. The molecule has 2 saturated heterocycles. The van der Waals surface area contributed by atoms with Gasteiger partial charge in [-0.25, -0.2) is 0 Å². The molecule has 18 nitrogen and oxygen atoms in total. The van der Waals surface area contributed by atoms with Gasteiger partial charge in [-0.05, 0) is 40.0 Å². The van der Waals surface area contributed by atoms with Crippen molar-refractivity contribution in [1.82, 2.24) is 0 Å². The molecule has 19 atom stereocenters. The summed E-state index contributed by atoms with van der Waals surface area (Å²) in [6, 6.07) is -1.06. The van der Waals surface area contributed by atoms with Gasteiger partial charge >= 0.3 is 11.9 Å². The number of esters is 1. The Kier molecular flexibility index (Phi) is 26.7. The van der Waals surface area contributed by atoms with Crippen molar-refractivity contribution in [2.75, 3.05) is 0 Å². The minimum Gasteiger partial charge on any atom is -0.481 e. The fraction of sp³-hybridized carbons (Fsp3) is 0.660. The molecule has 2 heterocycles. The summed E-state index contributed by atoms with van der Waals surface area (Å²) >= 11 is 0. The van der Waals surface area contributed by atoms with Crippen LogP contribution in [0.3, 0.4) is 0 Å². The van der Waals surface area contributed by atoms with Gasteiger partial charge in [0.25, 0.3) is 0 Å². The van der Waals surface area contributed by atoms with E-state index >= 15 is 0 Å². The lowest BCUT2D eigenvalue weighted by molar-refractivity contribution is -0.282. The van der Waals surface area contributed by atoms with E-state index in [0.717, 1.165) is 0 Å². The summed E-state index contributed by atoms with van der Waals surface area (Å²) in [5.74, 6) is -4.05. The van der Waals surface area contributed by atoms with Crippen LogP contribution in [0.25, 0.3) is 0 Å². The first-order chi connectivity index (χ1) is 30.6. The van der Waals surface area contributed by atoms with Crippen molar-refractivity contribution >= 4 is 11.9 Å². The molecular weight excluding hydrogens is 851 g/mol. The van der Waals surface area contributed by atoms with E-state index in [-0.39, 0.29) is 50.9 Å². The number of carboxylic acid groups (broad SMARTS) is 1. The van der Waals surface area contributed by atoms with Crippen molar-refractivity contribution in [2.24, 2.45) is 23.5 Å². The molecule has 2 rings (SSSR count). The number of aliphatic hydroxyl groups excluding tert-OH is 10. The Morgan fingerprint density at radius 2 is 1.28 bits per heavy atom. The third kappa shape index (κ3) is 21.4. The summed E-state index contributed by atoms with van der Waals surface area (Å²) in [7, 11) is 0. The summed E-state index contributed by atoms with van der Waals surface area (Å²) in [5.41, 5.74) is 5.95. The van der Waals surface area contributed by atoms with Crippen LogP contribution in [0, 0.1) is 17.8 Å². The van der Waals surface area contributed by atoms with Crippen LogP contribution in [0.4, 0.5) is 0 Å². The molecule has 0 aromatic heterocycles. The maximum absolute atomic E-state index is 12.5. The normalized spacial score (nSPS) is 30.6. The van der Waals surface area contributed by atoms with E-state index in [1.54, 1.807) is 87.6 Å².